The number of hydrogen-bond acceptors (Lipinski definition) is 7. The minimum absolute atomic E-state index is 0.0658. The fourth-order valence-electron chi connectivity index (χ4n) is 2.20. The Morgan fingerprint density at radius 2 is 1.86 bits per heavy atom. The molecular formula is C18H16F2N4O2S2. The van der Waals surface area contributed by atoms with Gasteiger partial charge in [-0.05, 0) is 17.7 Å². The molecular weight excluding hydrogens is 406 g/mol. The first-order chi connectivity index (χ1) is 13.6. The Balaban J connectivity index is 1.48. The molecule has 2 aromatic carbocycles. The van der Waals surface area contributed by atoms with Crippen molar-refractivity contribution in [2.75, 3.05) is 16.4 Å². The highest BCUT2D eigenvalue weighted by Crippen LogP contribution is 2.28. The summed E-state index contributed by atoms with van der Waals surface area (Å²) in [5, 5.41) is 14.5. The summed E-state index contributed by atoms with van der Waals surface area (Å²) in [6, 6.07) is 15.9. The summed E-state index contributed by atoms with van der Waals surface area (Å²) >= 11 is 2.55. The number of rotatable bonds is 9. The van der Waals surface area contributed by atoms with Crippen molar-refractivity contribution in [3.63, 3.8) is 0 Å². The summed E-state index contributed by atoms with van der Waals surface area (Å²) < 4.78 is 29.9. The number of ether oxygens (including phenoxy) is 1. The van der Waals surface area contributed by atoms with Crippen LogP contribution in [0.3, 0.4) is 0 Å². The molecule has 0 radical (unpaired) electrons. The maximum atomic E-state index is 12.4. The van der Waals surface area contributed by atoms with E-state index in [4.69, 9.17) is 0 Å². The zero-order valence-electron chi connectivity index (χ0n) is 14.5. The van der Waals surface area contributed by atoms with Gasteiger partial charge in [0.2, 0.25) is 11.0 Å². The predicted molar refractivity (Wildman–Crippen MR) is 106 cm³/mol. The molecule has 0 bridgehead atoms. The molecule has 0 aliphatic carbocycles. The number of thioether (sulfide) groups is 1. The summed E-state index contributed by atoms with van der Waals surface area (Å²) in [7, 11) is 0. The van der Waals surface area contributed by atoms with E-state index in [1.807, 2.05) is 30.3 Å². The van der Waals surface area contributed by atoms with E-state index in [9.17, 15) is 13.6 Å². The molecule has 6 nitrogen and oxygen atoms in total. The lowest BCUT2D eigenvalue weighted by Crippen LogP contribution is -2.15. The summed E-state index contributed by atoms with van der Waals surface area (Å²) in [4.78, 5) is 12.1. The molecule has 1 amide bonds. The molecule has 0 saturated carbocycles. The summed E-state index contributed by atoms with van der Waals surface area (Å²) in [5.41, 5.74) is 1.31. The molecule has 0 aliphatic rings. The number of carbonyl (C=O) groups excluding carboxylic acids is 1. The van der Waals surface area contributed by atoms with E-state index in [2.05, 4.69) is 25.6 Å². The topological polar surface area (TPSA) is 76.1 Å². The average molecular weight is 422 g/mol. The standard InChI is InChI=1S/C18H16F2N4O2S2/c19-16(20)26-14-9-5-4-8-13(14)22-15(25)11-27-18-24-23-17(28-18)21-10-12-6-2-1-3-7-12/h1-9,16H,10-11H2,(H,21,23)(H,22,25). The molecule has 0 unspecified atom stereocenters. The fraction of sp³-hybridized carbons (Fsp3) is 0.167. The van der Waals surface area contributed by atoms with Gasteiger partial charge < -0.3 is 15.4 Å². The number of benzene rings is 2. The number of anilines is 2. The Bertz CT molecular complexity index is 909. The number of amides is 1. The molecule has 1 heterocycles. The first-order valence-electron chi connectivity index (χ1n) is 8.18. The SMILES string of the molecule is O=C(CSc1nnc(NCc2ccccc2)s1)Nc1ccccc1OC(F)F. The van der Waals surface area contributed by atoms with E-state index in [-0.39, 0.29) is 23.1 Å². The van der Waals surface area contributed by atoms with E-state index in [1.54, 1.807) is 12.1 Å². The summed E-state index contributed by atoms with van der Waals surface area (Å²) in [6.07, 6.45) is 0. The number of aromatic nitrogens is 2. The Hall–Kier alpha value is -2.72. The second-order valence-corrected chi connectivity index (χ2v) is 7.62. The van der Waals surface area contributed by atoms with Gasteiger partial charge in [0, 0.05) is 6.54 Å². The maximum absolute atomic E-state index is 12.4. The van der Waals surface area contributed by atoms with Gasteiger partial charge in [0.25, 0.3) is 0 Å². The third kappa shape index (κ3) is 6.17. The Kier molecular flexibility index (Phi) is 7.15. The van der Waals surface area contributed by atoms with Gasteiger partial charge in [0.15, 0.2) is 4.34 Å². The van der Waals surface area contributed by atoms with Crippen LogP contribution in [-0.4, -0.2) is 28.5 Å². The van der Waals surface area contributed by atoms with Crippen LogP contribution < -0.4 is 15.4 Å². The molecule has 1 aromatic heterocycles. The number of alkyl halides is 2. The molecule has 0 atom stereocenters. The van der Waals surface area contributed by atoms with Crippen LogP contribution in [0.2, 0.25) is 0 Å². The van der Waals surface area contributed by atoms with E-state index >= 15 is 0 Å². The van der Waals surface area contributed by atoms with Crippen molar-refractivity contribution in [3.05, 3.63) is 60.2 Å². The lowest BCUT2D eigenvalue weighted by Gasteiger charge is -2.11. The monoisotopic (exact) mass is 422 g/mol. The van der Waals surface area contributed by atoms with Crippen LogP contribution in [0.15, 0.2) is 58.9 Å². The van der Waals surface area contributed by atoms with Crippen molar-refractivity contribution < 1.29 is 18.3 Å². The van der Waals surface area contributed by atoms with Crippen LogP contribution in [-0.2, 0) is 11.3 Å². The number of nitrogens with one attached hydrogen (secondary N) is 2. The maximum Gasteiger partial charge on any atom is 0.387 e. The Morgan fingerprint density at radius 1 is 1.11 bits per heavy atom. The van der Waals surface area contributed by atoms with Crippen molar-refractivity contribution in [3.8, 4) is 5.75 Å². The van der Waals surface area contributed by atoms with Gasteiger partial charge in [-0.3, -0.25) is 4.79 Å². The molecule has 2 N–H and O–H groups in total. The van der Waals surface area contributed by atoms with Gasteiger partial charge in [0.05, 0.1) is 11.4 Å². The molecule has 10 heteroatoms. The summed E-state index contributed by atoms with van der Waals surface area (Å²) in [6.45, 7) is -2.34. The van der Waals surface area contributed by atoms with Crippen LogP contribution in [0, 0.1) is 0 Å². The highest BCUT2D eigenvalue weighted by atomic mass is 32.2. The zero-order chi connectivity index (χ0) is 19.8. The van der Waals surface area contributed by atoms with Crippen molar-refractivity contribution in [2.24, 2.45) is 0 Å². The molecule has 0 saturated heterocycles. The van der Waals surface area contributed by atoms with Crippen LogP contribution >= 0.6 is 23.1 Å². The minimum Gasteiger partial charge on any atom is -0.433 e. The van der Waals surface area contributed by atoms with Crippen LogP contribution in [0.5, 0.6) is 5.75 Å². The first-order valence-corrected chi connectivity index (χ1v) is 9.98. The van der Waals surface area contributed by atoms with Crippen LogP contribution in [0.25, 0.3) is 0 Å². The Morgan fingerprint density at radius 3 is 2.64 bits per heavy atom. The highest BCUT2D eigenvalue weighted by Gasteiger charge is 2.13. The second kappa shape index (κ2) is 10.00. The minimum atomic E-state index is -2.96. The van der Waals surface area contributed by atoms with Gasteiger partial charge >= 0.3 is 6.61 Å². The Labute approximate surface area is 168 Å². The predicted octanol–water partition coefficient (Wildman–Crippen LogP) is 4.48. The van der Waals surface area contributed by atoms with E-state index in [0.717, 1.165) is 5.56 Å². The molecule has 28 heavy (non-hydrogen) atoms. The van der Waals surface area contributed by atoms with Crippen LogP contribution in [0.4, 0.5) is 19.6 Å². The van der Waals surface area contributed by atoms with Gasteiger partial charge in [0.1, 0.15) is 5.75 Å². The van der Waals surface area contributed by atoms with Crippen molar-refractivity contribution >= 4 is 39.8 Å². The number of hydrogen-bond donors (Lipinski definition) is 2. The second-order valence-electron chi connectivity index (χ2n) is 5.42. The number of halogens is 2. The normalized spacial score (nSPS) is 10.7. The van der Waals surface area contributed by atoms with Gasteiger partial charge in [-0.2, -0.15) is 8.78 Å². The molecule has 0 aliphatic heterocycles. The third-order valence-electron chi connectivity index (χ3n) is 3.40. The number of nitrogens with zero attached hydrogens (tertiary/aromatic N) is 2. The zero-order valence-corrected chi connectivity index (χ0v) is 16.1. The smallest absolute Gasteiger partial charge is 0.387 e. The number of carbonyl (C=O) groups is 1. The van der Waals surface area contributed by atoms with Gasteiger partial charge in [-0.25, -0.2) is 0 Å². The lowest BCUT2D eigenvalue weighted by molar-refractivity contribution is -0.113. The van der Waals surface area contributed by atoms with Crippen molar-refractivity contribution in [2.45, 2.75) is 17.5 Å². The number of para-hydroxylation sites is 2. The van der Waals surface area contributed by atoms with Crippen molar-refractivity contribution in [1.82, 2.24) is 10.2 Å². The average Bonchev–Trinajstić information content (AvgIpc) is 3.15. The first kappa shape index (κ1) is 20.0. The molecule has 0 fully saturated rings. The van der Waals surface area contributed by atoms with Crippen LogP contribution in [0.1, 0.15) is 5.56 Å². The van der Waals surface area contributed by atoms with Gasteiger partial charge in [-0.15, -0.1) is 10.2 Å². The summed E-state index contributed by atoms with van der Waals surface area (Å²) in [5.74, 6) is -0.375. The van der Waals surface area contributed by atoms with E-state index in [0.29, 0.717) is 16.0 Å². The molecule has 3 aromatic rings. The fourth-order valence-corrected chi connectivity index (χ4v) is 3.74. The van der Waals surface area contributed by atoms with E-state index < -0.39 is 6.61 Å². The molecule has 3 rings (SSSR count). The van der Waals surface area contributed by atoms with Crippen molar-refractivity contribution in [1.29, 1.82) is 0 Å². The largest absolute Gasteiger partial charge is 0.433 e. The van der Waals surface area contributed by atoms with E-state index in [1.165, 1.54) is 35.2 Å². The van der Waals surface area contributed by atoms with Gasteiger partial charge in [-0.1, -0.05) is 65.6 Å². The quantitative estimate of drug-likeness (QED) is 0.495. The molecule has 146 valence electrons. The third-order valence-corrected chi connectivity index (χ3v) is 5.41. The lowest BCUT2D eigenvalue weighted by atomic mass is 10.2. The highest BCUT2D eigenvalue weighted by molar-refractivity contribution is 8.01. The molecule has 0 spiro atoms.